The Balaban J connectivity index is 1.81. The molecule has 1 heterocycles. The van der Waals surface area contributed by atoms with Gasteiger partial charge >= 0.3 is 0 Å². The second-order valence-electron chi connectivity index (χ2n) is 5.58. The number of imide groups is 1. The van der Waals surface area contributed by atoms with E-state index in [1.54, 1.807) is 13.2 Å². The quantitative estimate of drug-likeness (QED) is 0.355. The van der Waals surface area contributed by atoms with Gasteiger partial charge < -0.3 is 4.74 Å². The van der Waals surface area contributed by atoms with Gasteiger partial charge in [-0.15, -0.1) is 0 Å². The van der Waals surface area contributed by atoms with E-state index in [1.165, 1.54) is 4.90 Å². The third kappa shape index (κ3) is 4.42. The molecule has 0 saturated carbocycles. The van der Waals surface area contributed by atoms with E-state index in [2.05, 4.69) is 45.2 Å². The summed E-state index contributed by atoms with van der Waals surface area (Å²) in [6.07, 6.45) is 2.40. The van der Waals surface area contributed by atoms with Gasteiger partial charge in [0.25, 0.3) is 11.1 Å². The standard InChI is InChI=1S/C19H15I2NO3S/c1-25-17-13(9-14(20)11-15(17)21)10-16-18(23)22(19(24)26-16)8-7-12-5-3-2-4-6-12/h2-6,9-11H,7-8H2,1H3/b16-10-. The molecule has 2 aromatic rings. The Morgan fingerprint density at radius 2 is 1.88 bits per heavy atom. The number of halogens is 2. The number of carbonyl (C=O) groups is 2. The minimum absolute atomic E-state index is 0.225. The number of amides is 2. The molecule has 0 spiro atoms. The fourth-order valence-electron chi connectivity index (χ4n) is 2.62. The minimum atomic E-state index is -0.244. The molecule has 1 saturated heterocycles. The third-order valence-corrected chi connectivity index (χ3v) is 6.20. The first kappa shape index (κ1) is 19.7. The lowest BCUT2D eigenvalue weighted by atomic mass is 10.1. The number of nitrogens with zero attached hydrogens (tertiary/aromatic N) is 1. The average Bonchev–Trinajstić information content (AvgIpc) is 2.87. The highest BCUT2D eigenvalue weighted by molar-refractivity contribution is 14.1. The molecule has 0 unspecified atom stereocenters. The van der Waals surface area contributed by atoms with Crippen molar-refractivity contribution in [3.63, 3.8) is 0 Å². The first-order chi connectivity index (χ1) is 12.5. The van der Waals surface area contributed by atoms with Crippen LogP contribution in [0.15, 0.2) is 47.4 Å². The minimum Gasteiger partial charge on any atom is -0.495 e. The van der Waals surface area contributed by atoms with Crippen LogP contribution in [0.3, 0.4) is 0 Å². The number of hydrogen-bond acceptors (Lipinski definition) is 4. The molecule has 0 N–H and O–H groups in total. The van der Waals surface area contributed by atoms with Crippen LogP contribution in [-0.2, 0) is 11.2 Å². The molecule has 0 aliphatic carbocycles. The number of hydrogen-bond donors (Lipinski definition) is 0. The van der Waals surface area contributed by atoms with Crippen LogP contribution in [0.1, 0.15) is 11.1 Å². The van der Waals surface area contributed by atoms with Gasteiger partial charge in [0.1, 0.15) is 5.75 Å². The first-order valence-corrected chi connectivity index (χ1v) is 10.8. The van der Waals surface area contributed by atoms with E-state index < -0.39 is 0 Å². The monoisotopic (exact) mass is 591 g/mol. The topological polar surface area (TPSA) is 46.6 Å². The van der Waals surface area contributed by atoms with Crippen LogP contribution in [0.5, 0.6) is 5.75 Å². The SMILES string of the molecule is COc1c(I)cc(I)cc1/C=C1\SC(=O)N(CCc2ccccc2)C1=O. The van der Waals surface area contributed by atoms with Crippen molar-refractivity contribution in [1.29, 1.82) is 0 Å². The van der Waals surface area contributed by atoms with Gasteiger partial charge in [-0.2, -0.15) is 0 Å². The maximum absolute atomic E-state index is 12.7. The van der Waals surface area contributed by atoms with Crippen molar-refractivity contribution >= 4 is 74.2 Å². The summed E-state index contributed by atoms with van der Waals surface area (Å²) in [4.78, 5) is 26.7. The maximum Gasteiger partial charge on any atom is 0.293 e. The van der Waals surface area contributed by atoms with Crippen LogP contribution < -0.4 is 4.74 Å². The van der Waals surface area contributed by atoms with Crippen LogP contribution in [-0.4, -0.2) is 29.7 Å². The van der Waals surface area contributed by atoms with E-state index in [9.17, 15) is 9.59 Å². The number of rotatable bonds is 5. The van der Waals surface area contributed by atoms with Gasteiger partial charge in [0, 0.05) is 15.7 Å². The molecule has 7 heteroatoms. The lowest BCUT2D eigenvalue weighted by Crippen LogP contribution is -2.30. The Kier molecular flexibility index (Phi) is 6.62. The van der Waals surface area contributed by atoms with E-state index in [4.69, 9.17) is 4.74 Å². The summed E-state index contributed by atoms with van der Waals surface area (Å²) in [5.74, 6) is 0.467. The molecule has 0 aromatic heterocycles. The second-order valence-corrected chi connectivity index (χ2v) is 8.98. The molecule has 2 amide bonds. The lowest BCUT2D eigenvalue weighted by Gasteiger charge is -2.12. The van der Waals surface area contributed by atoms with Gasteiger partial charge in [0.05, 0.1) is 15.6 Å². The van der Waals surface area contributed by atoms with Crippen molar-refractivity contribution in [2.75, 3.05) is 13.7 Å². The van der Waals surface area contributed by atoms with Crippen molar-refractivity contribution in [2.24, 2.45) is 0 Å². The number of benzene rings is 2. The molecule has 0 bridgehead atoms. The van der Waals surface area contributed by atoms with Gasteiger partial charge in [-0.25, -0.2) is 0 Å². The molecule has 26 heavy (non-hydrogen) atoms. The Morgan fingerprint density at radius 1 is 1.15 bits per heavy atom. The van der Waals surface area contributed by atoms with E-state index in [1.807, 2.05) is 42.5 Å². The van der Waals surface area contributed by atoms with Crippen molar-refractivity contribution in [3.8, 4) is 5.75 Å². The Hall–Kier alpha value is -1.07. The summed E-state index contributed by atoms with van der Waals surface area (Å²) in [6.45, 7) is 0.382. The smallest absolute Gasteiger partial charge is 0.293 e. The van der Waals surface area contributed by atoms with Crippen LogP contribution in [0.25, 0.3) is 6.08 Å². The van der Waals surface area contributed by atoms with E-state index in [0.717, 1.165) is 30.0 Å². The third-order valence-electron chi connectivity index (χ3n) is 3.87. The second kappa shape index (κ2) is 8.75. The van der Waals surface area contributed by atoms with Crippen molar-refractivity contribution in [3.05, 3.63) is 65.6 Å². The summed E-state index contributed by atoms with van der Waals surface area (Å²) >= 11 is 5.41. The molecule has 1 aliphatic heterocycles. The van der Waals surface area contributed by atoms with E-state index >= 15 is 0 Å². The lowest BCUT2D eigenvalue weighted by molar-refractivity contribution is -0.122. The normalized spacial score (nSPS) is 15.8. The zero-order valence-corrected chi connectivity index (χ0v) is 19.0. The molecule has 3 rings (SSSR count). The van der Waals surface area contributed by atoms with E-state index in [0.29, 0.717) is 23.6 Å². The zero-order valence-electron chi connectivity index (χ0n) is 13.9. The molecule has 0 atom stereocenters. The van der Waals surface area contributed by atoms with Gasteiger partial charge in [-0.05, 0) is 87.1 Å². The van der Waals surface area contributed by atoms with Crippen molar-refractivity contribution in [1.82, 2.24) is 4.90 Å². The molecule has 2 aromatic carbocycles. The maximum atomic E-state index is 12.7. The Labute approximate surface area is 183 Å². The van der Waals surface area contributed by atoms with Crippen LogP contribution in [0.2, 0.25) is 0 Å². The van der Waals surface area contributed by atoms with Gasteiger partial charge in [-0.1, -0.05) is 30.3 Å². The fourth-order valence-corrected chi connectivity index (χ4v) is 5.59. The Morgan fingerprint density at radius 3 is 2.58 bits per heavy atom. The number of methoxy groups -OCH3 is 1. The number of ether oxygens (including phenoxy) is 1. The van der Waals surface area contributed by atoms with Crippen LogP contribution in [0.4, 0.5) is 4.79 Å². The highest BCUT2D eigenvalue weighted by Gasteiger charge is 2.34. The highest BCUT2D eigenvalue weighted by atomic mass is 127. The molecule has 1 fully saturated rings. The Bertz CT molecular complexity index is 884. The van der Waals surface area contributed by atoms with Gasteiger partial charge in [0.2, 0.25) is 0 Å². The van der Waals surface area contributed by atoms with Gasteiger partial charge in [0.15, 0.2) is 0 Å². The molecule has 1 aliphatic rings. The van der Waals surface area contributed by atoms with Gasteiger partial charge in [-0.3, -0.25) is 14.5 Å². The summed E-state index contributed by atoms with van der Waals surface area (Å²) in [6, 6.07) is 13.8. The van der Waals surface area contributed by atoms with Crippen molar-refractivity contribution in [2.45, 2.75) is 6.42 Å². The molecular weight excluding hydrogens is 576 g/mol. The summed E-state index contributed by atoms with van der Waals surface area (Å²) in [5, 5.41) is -0.225. The predicted molar refractivity (Wildman–Crippen MR) is 121 cm³/mol. The molecular formula is C19H15I2NO3S. The van der Waals surface area contributed by atoms with Crippen LogP contribution >= 0.6 is 56.9 Å². The number of carbonyl (C=O) groups excluding carboxylic acids is 2. The van der Waals surface area contributed by atoms with E-state index in [-0.39, 0.29) is 11.1 Å². The summed E-state index contributed by atoms with van der Waals surface area (Å²) < 4.78 is 7.47. The van der Waals surface area contributed by atoms with Crippen LogP contribution in [0, 0.1) is 7.14 Å². The zero-order chi connectivity index (χ0) is 18.7. The largest absolute Gasteiger partial charge is 0.495 e. The summed E-state index contributed by atoms with van der Waals surface area (Å²) in [7, 11) is 1.60. The highest BCUT2D eigenvalue weighted by Crippen LogP contribution is 2.36. The molecule has 4 nitrogen and oxygen atoms in total. The predicted octanol–water partition coefficient (Wildman–Crippen LogP) is 5.18. The molecule has 0 radical (unpaired) electrons. The fraction of sp³-hybridized carbons (Fsp3) is 0.158. The van der Waals surface area contributed by atoms with Crippen molar-refractivity contribution < 1.29 is 14.3 Å². The molecule has 134 valence electrons. The first-order valence-electron chi connectivity index (χ1n) is 7.82. The summed E-state index contributed by atoms with van der Waals surface area (Å²) in [5.41, 5.74) is 1.90. The number of thioether (sulfide) groups is 1. The average molecular weight is 591 g/mol.